The van der Waals surface area contributed by atoms with Crippen LogP contribution in [0.3, 0.4) is 0 Å². The Morgan fingerprint density at radius 3 is 2.65 bits per heavy atom. The van der Waals surface area contributed by atoms with Gasteiger partial charge in [0.05, 0.1) is 30.2 Å². The van der Waals surface area contributed by atoms with Gasteiger partial charge in [-0.05, 0) is 81.6 Å². The molecule has 2 atom stereocenters. The first-order chi connectivity index (χ1) is 23.0. The molecule has 0 aliphatic carbocycles. The average molecular weight is 653 g/mol. The third-order valence-corrected chi connectivity index (χ3v) is 10.5. The highest BCUT2D eigenvalue weighted by Gasteiger charge is 2.37. The average Bonchev–Trinajstić information content (AvgIpc) is 3.70. The van der Waals surface area contributed by atoms with E-state index in [1.165, 1.54) is 4.90 Å². The molecule has 2 aliphatic rings. The largest absolute Gasteiger partial charge is 0.351 e. The molecule has 1 amide bonds. The standard InChI is InChI=1S/C35H38F2N10O/c1-7-44(6)24-16-45(17-24)34-32-33(47(43-42-32)23-9-11-46(35(48)21(5)36)22(14-23)8-10-38)25-12-19(3)28(30(37)31(25)40-34)29-20(4)18(2)13-27-26(29)15-39-41-27/h12-13,15,22-24H,5,7-9,11,14,16-17H2,1-4,6H3,(H,39,41)/t22-,23+/m1/s1. The van der Waals surface area contributed by atoms with Gasteiger partial charge < -0.3 is 14.7 Å². The van der Waals surface area contributed by atoms with Gasteiger partial charge in [0.2, 0.25) is 0 Å². The molecule has 0 radical (unpaired) electrons. The van der Waals surface area contributed by atoms with Gasteiger partial charge in [-0.25, -0.2) is 18.4 Å². The number of likely N-dealkylation sites (N-methyl/N-ethyl adjacent to an activating group) is 1. The van der Waals surface area contributed by atoms with Gasteiger partial charge >= 0.3 is 0 Å². The maximum Gasteiger partial charge on any atom is 0.282 e. The Labute approximate surface area is 276 Å². The Hall–Kier alpha value is -4.96. The van der Waals surface area contributed by atoms with Crippen LogP contribution in [-0.4, -0.2) is 91.2 Å². The van der Waals surface area contributed by atoms with Crippen molar-refractivity contribution in [1.82, 2.24) is 40.0 Å². The molecule has 3 aromatic heterocycles. The number of piperidine rings is 1. The Morgan fingerprint density at radius 1 is 1.17 bits per heavy atom. The number of carbonyl (C=O) groups excluding carboxylic acids is 1. The number of anilines is 1. The van der Waals surface area contributed by atoms with Crippen LogP contribution >= 0.6 is 0 Å². The lowest BCUT2D eigenvalue weighted by Crippen LogP contribution is -2.58. The summed E-state index contributed by atoms with van der Waals surface area (Å²) >= 11 is 0. The SMILES string of the molecule is C=C(F)C(=O)N1CC[C@H](n2nnc3c(N4CC(N(C)CC)C4)nc4c(F)c(-c5c(C)c(C)cc6[nH]ncc56)c(C)cc4c32)C[C@H]1CC#N. The number of hydrogen-bond donors (Lipinski definition) is 1. The smallest absolute Gasteiger partial charge is 0.282 e. The van der Waals surface area contributed by atoms with Crippen molar-refractivity contribution < 1.29 is 13.6 Å². The van der Waals surface area contributed by atoms with E-state index in [0.717, 1.165) is 52.8 Å². The first-order valence-corrected chi connectivity index (χ1v) is 16.3. The number of rotatable bonds is 7. The number of pyridine rings is 1. The first kappa shape index (κ1) is 31.6. The number of benzene rings is 2. The van der Waals surface area contributed by atoms with E-state index in [9.17, 15) is 14.4 Å². The van der Waals surface area contributed by atoms with E-state index in [0.29, 0.717) is 46.7 Å². The molecule has 0 unspecified atom stereocenters. The van der Waals surface area contributed by atoms with Crippen molar-refractivity contribution in [2.45, 2.75) is 65.1 Å². The van der Waals surface area contributed by atoms with Crippen LogP contribution in [-0.2, 0) is 4.79 Å². The van der Waals surface area contributed by atoms with Crippen molar-refractivity contribution >= 4 is 44.6 Å². The normalized spacial score (nSPS) is 18.6. The van der Waals surface area contributed by atoms with Crippen LogP contribution in [0.5, 0.6) is 0 Å². The molecule has 2 fully saturated rings. The summed E-state index contributed by atoms with van der Waals surface area (Å²) in [4.78, 5) is 23.4. The monoisotopic (exact) mass is 652 g/mol. The Morgan fingerprint density at radius 2 is 1.94 bits per heavy atom. The molecule has 1 N–H and O–H groups in total. The number of aromatic nitrogens is 6. The van der Waals surface area contributed by atoms with Gasteiger partial charge in [0.1, 0.15) is 11.0 Å². The summed E-state index contributed by atoms with van der Waals surface area (Å²) in [5, 5.41) is 27.5. The van der Waals surface area contributed by atoms with Gasteiger partial charge in [0.25, 0.3) is 5.91 Å². The zero-order valence-corrected chi connectivity index (χ0v) is 27.8. The number of nitriles is 1. The molecular formula is C35H38F2N10O. The van der Waals surface area contributed by atoms with Crippen molar-refractivity contribution in [2.24, 2.45) is 0 Å². The fourth-order valence-corrected chi connectivity index (χ4v) is 7.48. The van der Waals surface area contributed by atoms with Crippen molar-refractivity contribution in [3.8, 4) is 17.2 Å². The minimum Gasteiger partial charge on any atom is -0.351 e. The van der Waals surface area contributed by atoms with E-state index in [4.69, 9.17) is 4.98 Å². The van der Waals surface area contributed by atoms with E-state index in [1.807, 2.05) is 32.9 Å². The van der Waals surface area contributed by atoms with E-state index < -0.39 is 23.6 Å². The van der Waals surface area contributed by atoms with E-state index >= 15 is 4.39 Å². The van der Waals surface area contributed by atoms with Crippen molar-refractivity contribution in [2.75, 3.05) is 38.1 Å². The summed E-state index contributed by atoms with van der Waals surface area (Å²) in [5.74, 6) is -1.71. The fraction of sp³-hybridized carbons (Fsp3) is 0.429. The van der Waals surface area contributed by atoms with Crippen LogP contribution in [0.25, 0.3) is 44.0 Å². The molecule has 7 rings (SSSR count). The minimum absolute atomic E-state index is 0.0330. The molecule has 0 spiro atoms. The number of amides is 1. The molecule has 5 heterocycles. The molecule has 11 nitrogen and oxygen atoms in total. The summed E-state index contributed by atoms with van der Waals surface area (Å²) in [5.41, 5.74) is 6.26. The Bertz CT molecular complexity index is 2160. The number of aromatic amines is 1. The molecule has 5 aromatic rings. The van der Waals surface area contributed by atoms with Gasteiger partial charge in [0.15, 0.2) is 23.0 Å². The van der Waals surface area contributed by atoms with Crippen LogP contribution in [0.2, 0.25) is 0 Å². The minimum atomic E-state index is -1.05. The maximum absolute atomic E-state index is 17.3. The second-order valence-corrected chi connectivity index (χ2v) is 13.2. The van der Waals surface area contributed by atoms with Crippen LogP contribution in [0, 0.1) is 37.9 Å². The molecule has 2 aromatic carbocycles. The third kappa shape index (κ3) is 4.89. The number of likely N-dealkylation sites (tertiary alicyclic amines) is 1. The van der Waals surface area contributed by atoms with Gasteiger partial charge in [-0.2, -0.15) is 10.4 Å². The molecular weight excluding hydrogens is 614 g/mol. The van der Waals surface area contributed by atoms with E-state index in [-0.39, 0.29) is 24.5 Å². The molecule has 48 heavy (non-hydrogen) atoms. The second kappa shape index (κ2) is 11.9. The third-order valence-electron chi connectivity index (χ3n) is 10.5. The highest BCUT2D eigenvalue weighted by Crippen LogP contribution is 2.43. The van der Waals surface area contributed by atoms with Crippen LogP contribution in [0.15, 0.2) is 30.7 Å². The summed E-state index contributed by atoms with van der Waals surface area (Å²) in [7, 11) is 2.09. The molecule has 248 valence electrons. The Balaban J connectivity index is 1.43. The van der Waals surface area contributed by atoms with E-state index in [2.05, 4.69) is 56.9 Å². The lowest BCUT2D eigenvalue weighted by molar-refractivity contribution is -0.132. The number of hydrogen-bond acceptors (Lipinski definition) is 8. The van der Waals surface area contributed by atoms with Crippen LogP contribution in [0.4, 0.5) is 14.6 Å². The lowest BCUT2D eigenvalue weighted by Gasteiger charge is -2.44. The highest BCUT2D eigenvalue weighted by atomic mass is 19.1. The number of nitrogens with zero attached hydrogens (tertiary/aromatic N) is 9. The van der Waals surface area contributed by atoms with Gasteiger partial charge in [-0.15, -0.1) is 5.10 Å². The predicted octanol–water partition coefficient (Wildman–Crippen LogP) is 5.66. The number of nitrogens with one attached hydrogen (secondary N) is 1. The number of H-pyrrole nitrogens is 1. The number of aryl methyl sites for hydroxylation is 2. The molecule has 0 saturated carbocycles. The predicted molar refractivity (Wildman–Crippen MR) is 181 cm³/mol. The zero-order valence-electron chi connectivity index (χ0n) is 27.8. The first-order valence-electron chi connectivity index (χ1n) is 16.3. The van der Waals surface area contributed by atoms with Crippen LogP contribution < -0.4 is 4.90 Å². The topological polar surface area (TPSA) is 123 Å². The highest BCUT2D eigenvalue weighted by molar-refractivity contribution is 6.10. The van der Waals surface area contributed by atoms with E-state index in [1.54, 1.807) is 10.9 Å². The lowest BCUT2D eigenvalue weighted by atomic mass is 9.89. The fourth-order valence-electron chi connectivity index (χ4n) is 7.48. The van der Waals surface area contributed by atoms with Gasteiger partial charge in [0, 0.05) is 48.1 Å². The summed E-state index contributed by atoms with van der Waals surface area (Å²) in [6, 6.07) is 5.65. The van der Waals surface area contributed by atoms with Crippen LogP contribution in [0.1, 0.15) is 48.9 Å². The molecule has 2 aliphatic heterocycles. The van der Waals surface area contributed by atoms with Crippen molar-refractivity contribution in [3.63, 3.8) is 0 Å². The van der Waals surface area contributed by atoms with Crippen molar-refractivity contribution in [3.05, 3.63) is 53.2 Å². The summed E-state index contributed by atoms with van der Waals surface area (Å²) in [6.07, 6.45) is 2.58. The summed E-state index contributed by atoms with van der Waals surface area (Å²) in [6.45, 7) is 13.8. The van der Waals surface area contributed by atoms with Gasteiger partial charge in [-0.3, -0.25) is 9.89 Å². The Kier molecular flexibility index (Phi) is 7.86. The quantitative estimate of drug-likeness (QED) is 0.224. The number of fused-ring (bicyclic) bond motifs is 4. The van der Waals surface area contributed by atoms with Gasteiger partial charge in [-0.1, -0.05) is 18.7 Å². The molecule has 2 saturated heterocycles. The molecule has 0 bridgehead atoms. The zero-order chi connectivity index (χ0) is 34.0. The summed E-state index contributed by atoms with van der Waals surface area (Å²) < 4.78 is 33.0. The number of carbonyl (C=O) groups is 1. The number of halogens is 2. The maximum atomic E-state index is 17.3. The molecule has 13 heteroatoms. The second-order valence-electron chi connectivity index (χ2n) is 13.2. The van der Waals surface area contributed by atoms with Crippen molar-refractivity contribution in [1.29, 1.82) is 5.26 Å².